The number of nitrogens with zero attached hydrogens (tertiary/aromatic N) is 1. The van der Waals surface area contributed by atoms with Gasteiger partial charge in [-0.15, -0.1) is 0 Å². The second-order valence-corrected chi connectivity index (χ2v) is 3.95. The van der Waals surface area contributed by atoms with Crippen LogP contribution in [0.5, 0.6) is 0 Å². The zero-order chi connectivity index (χ0) is 11.0. The van der Waals surface area contributed by atoms with Crippen LogP contribution in [0.4, 0.5) is 16.2 Å². The van der Waals surface area contributed by atoms with Gasteiger partial charge in [0.1, 0.15) is 0 Å². The van der Waals surface area contributed by atoms with Gasteiger partial charge in [0, 0.05) is 13.1 Å². The Kier molecular flexibility index (Phi) is 2.44. The Balaban J connectivity index is 2.43. The fourth-order valence-corrected chi connectivity index (χ4v) is 1.84. The number of carbonyl (C=O) groups excluding carboxylic acids is 1. The molecule has 5 heteroatoms. The fourth-order valence-electron chi connectivity index (χ4n) is 1.69. The number of hydrogen-bond donors (Lipinski definition) is 2. The van der Waals surface area contributed by atoms with Crippen LogP contribution in [0.2, 0.25) is 5.02 Å². The van der Waals surface area contributed by atoms with E-state index >= 15 is 0 Å². The molecule has 15 heavy (non-hydrogen) atoms. The summed E-state index contributed by atoms with van der Waals surface area (Å²) < 4.78 is 0. The Labute approximate surface area is 93.0 Å². The topological polar surface area (TPSA) is 58.4 Å². The molecule has 1 fully saturated rings. The molecule has 0 bridgehead atoms. The second kappa shape index (κ2) is 3.62. The molecule has 1 aliphatic rings. The van der Waals surface area contributed by atoms with Crippen molar-refractivity contribution in [2.45, 2.75) is 6.92 Å². The van der Waals surface area contributed by atoms with Crippen LogP contribution in [0.25, 0.3) is 0 Å². The number of carbonyl (C=O) groups is 1. The highest BCUT2D eigenvalue weighted by Gasteiger charge is 2.23. The minimum atomic E-state index is -0.0843. The van der Waals surface area contributed by atoms with Crippen molar-refractivity contribution in [1.82, 2.24) is 5.32 Å². The minimum absolute atomic E-state index is 0.0843. The molecule has 1 aliphatic heterocycles. The zero-order valence-corrected chi connectivity index (χ0v) is 9.14. The first-order chi connectivity index (χ1) is 7.09. The van der Waals surface area contributed by atoms with Gasteiger partial charge in [-0.2, -0.15) is 0 Å². The summed E-state index contributed by atoms with van der Waals surface area (Å²) in [4.78, 5) is 13.1. The summed E-state index contributed by atoms with van der Waals surface area (Å²) in [7, 11) is 0. The standard InChI is InChI=1S/C10H12ClN3O/c1-6-4-8(12)7(11)5-9(6)14-3-2-13-10(14)15/h4-5H,2-3,12H2,1H3,(H,13,15). The SMILES string of the molecule is Cc1cc(N)c(Cl)cc1N1CCNC1=O. The number of nitrogen functional groups attached to an aromatic ring is 1. The van der Waals surface area contributed by atoms with Crippen LogP contribution in [0.15, 0.2) is 12.1 Å². The smallest absolute Gasteiger partial charge is 0.322 e. The van der Waals surface area contributed by atoms with Gasteiger partial charge in [0.15, 0.2) is 0 Å². The molecule has 0 aliphatic carbocycles. The molecule has 80 valence electrons. The monoisotopic (exact) mass is 225 g/mol. The zero-order valence-electron chi connectivity index (χ0n) is 8.38. The third-order valence-corrected chi connectivity index (χ3v) is 2.79. The average molecular weight is 226 g/mol. The van der Waals surface area contributed by atoms with Gasteiger partial charge in [0.2, 0.25) is 0 Å². The van der Waals surface area contributed by atoms with Gasteiger partial charge >= 0.3 is 6.03 Å². The number of hydrogen-bond acceptors (Lipinski definition) is 2. The molecule has 0 spiro atoms. The van der Waals surface area contributed by atoms with Gasteiger partial charge in [-0.1, -0.05) is 11.6 Å². The van der Waals surface area contributed by atoms with E-state index in [4.69, 9.17) is 17.3 Å². The van der Waals surface area contributed by atoms with Crippen LogP contribution in [0.3, 0.4) is 0 Å². The number of anilines is 2. The maximum atomic E-state index is 11.5. The maximum absolute atomic E-state index is 11.5. The summed E-state index contributed by atoms with van der Waals surface area (Å²) in [5.74, 6) is 0. The number of amides is 2. The molecule has 3 N–H and O–H groups in total. The first-order valence-corrected chi connectivity index (χ1v) is 5.08. The third kappa shape index (κ3) is 1.72. The first-order valence-electron chi connectivity index (χ1n) is 4.70. The van der Waals surface area contributed by atoms with Crippen molar-refractivity contribution in [2.75, 3.05) is 23.7 Å². The van der Waals surface area contributed by atoms with E-state index in [0.717, 1.165) is 11.3 Å². The number of nitrogens with two attached hydrogens (primary N) is 1. The number of nitrogens with one attached hydrogen (secondary N) is 1. The Bertz CT molecular complexity index is 419. The Morgan fingerprint density at radius 1 is 1.53 bits per heavy atom. The van der Waals surface area contributed by atoms with Gasteiger partial charge < -0.3 is 11.1 Å². The van der Waals surface area contributed by atoms with Crippen molar-refractivity contribution in [2.24, 2.45) is 0 Å². The lowest BCUT2D eigenvalue weighted by atomic mass is 10.1. The molecule has 2 rings (SSSR count). The van der Waals surface area contributed by atoms with Crippen molar-refractivity contribution in [3.05, 3.63) is 22.7 Å². The van der Waals surface area contributed by atoms with Crippen molar-refractivity contribution in [3.63, 3.8) is 0 Å². The predicted molar refractivity (Wildman–Crippen MR) is 61.3 cm³/mol. The number of halogens is 1. The highest BCUT2D eigenvalue weighted by Crippen LogP contribution is 2.30. The Morgan fingerprint density at radius 2 is 2.27 bits per heavy atom. The fraction of sp³-hybridized carbons (Fsp3) is 0.300. The molecular weight excluding hydrogens is 214 g/mol. The van der Waals surface area contributed by atoms with Crippen molar-refractivity contribution >= 4 is 29.0 Å². The van der Waals surface area contributed by atoms with E-state index < -0.39 is 0 Å². The molecule has 1 heterocycles. The normalized spacial score (nSPS) is 15.6. The van der Waals surface area contributed by atoms with Crippen LogP contribution in [-0.2, 0) is 0 Å². The van der Waals surface area contributed by atoms with Crippen LogP contribution in [0.1, 0.15) is 5.56 Å². The van der Waals surface area contributed by atoms with E-state index in [1.54, 1.807) is 17.0 Å². The van der Waals surface area contributed by atoms with Gasteiger partial charge in [0.25, 0.3) is 0 Å². The van der Waals surface area contributed by atoms with Crippen LogP contribution in [0, 0.1) is 6.92 Å². The van der Waals surface area contributed by atoms with E-state index in [9.17, 15) is 4.79 Å². The quantitative estimate of drug-likeness (QED) is 0.716. The van der Waals surface area contributed by atoms with Crippen LogP contribution >= 0.6 is 11.6 Å². The summed E-state index contributed by atoms with van der Waals surface area (Å²) in [6, 6.07) is 3.43. The van der Waals surface area contributed by atoms with E-state index in [2.05, 4.69) is 5.32 Å². The molecule has 4 nitrogen and oxygen atoms in total. The molecule has 0 radical (unpaired) electrons. The summed E-state index contributed by atoms with van der Waals surface area (Å²) >= 11 is 5.93. The molecule has 2 amide bonds. The van der Waals surface area contributed by atoms with Gasteiger partial charge in [-0.25, -0.2) is 4.79 Å². The largest absolute Gasteiger partial charge is 0.398 e. The Morgan fingerprint density at radius 3 is 2.87 bits per heavy atom. The first kappa shape index (κ1) is 10.1. The number of rotatable bonds is 1. The van der Waals surface area contributed by atoms with E-state index in [-0.39, 0.29) is 6.03 Å². The molecule has 0 atom stereocenters. The second-order valence-electron chi connectivity index (χ2n) is 3.54. The van der Waals surface area contributed by atoms with Gasteiger partial charge in [0.05, 0.1) is 16.4 Å². The van der Waals surface area contributed by atoms with Crippen molar-refractivity contribution in [3.8, 4) is 0 Å². The van der Waals surface area contributed by atoms with Crippen molar-refractivity contribution in [1.29, 1.82) is 0 Å². The summed E-state index contributed by atoms with van der Waals surface area (Å²) in [5.41, 5.74) is 7.99. The van der Waals surface area contributed by atoms with E-state index in [1.165, 1.54) is 0 Å². The number of benzene rings is 1. The summed E-state index contributed by atoms with van der Waals surface area (Å²) in [6.45, 7) is 3.24. The van der Waals surface area contributed by atoms with E-state index in [1.807, 2.05) is 6.92 Å². The minimum Gasteiger partial charge on any atom is -0.398 e. The lowest BCUT2D eigenvalue weighted by molar-refractivity contribution is 0.252. The lowest BCUT2D eigenvalue weighted by Gasteiger charge is -2.17. The molecule has 0 unspecified atom stereocenters. The summed E-state index contributed by atoms with van der Waals surface area (Å²) in [6.07, 6.45) is 0. The van der Waals surface area contributed by atoms with Crippen LogP contribution < -0.4 is 16.0 Å². The van der Waals surface area contributed by atoms with E-state index in [0.29, 0.717) is 23.8 Å². The maximum Gasteiger partial charge on any atom is 0.322 e. The van der Waals surface area contributed by atoms with Crippen molar-refractivity contribution < 1.29 is 4.79 Å². The highest BCUT2D eigenvalue weighted by atomic mass is 35.5. The molecular formula is C10H12ClN3O. The predicted octanol–water partition coefficient (Wildman–Crippen LogP) is 1.76. The average Bonchev–Trinajstić information content (AvgIpc) is 2.58. The highest BCUT2D eigenvalue weighted by molar-refractivity contribution is 6.33. The summed E-state index contributed by atoms with van der Waals surface area (Å²) in [5, 5.41) is 3.22. The third-order valence-electron chi connectivity index (χ3n) is 2.46. The van der Waals surface area contributed by atoms with Gasteiger partial charge in [-0.05, 0) is 24.6 Å². The lowest BCUT2D eigenvalue weighted by Crippen LogP contribution is -2.28. The van der Waals surface area contributed by atoms with Crippen LogP contribution in [-0.4, -0.2) is 19.1 Å². The van der Waals surface area contributed by atoms with Gasteiger partial charge in [-0.3, -0.25) is 4.90 Å². The Hall–Kier alpha value is -1.42. The molecule has 0 aromatic heterocycles. The molecule has 1 saturated heterocycles. The molecule has 1 aromatic carbocycles. The number of urea groups is 1. The number of aryl methyl sites for hydroxylation is 1. The molecule has 0 saturated carbocycles. The molecule has 1 aromatic rings.